The number of fused-ring (bicyclic) bond motifs is 1. The molecule has 1 aromatic carbocycles. The third kappa shape index (κ3) is 2.39. The van der Waals surface area contributed by atoms with Crippen molar-refractivity contribution in [2.75, 3.05) is 5.32 Å². The summed E-state index contributed by atoms with van der Waals surface area (Å²) in [5, 5.41) is 6.98. The number of nitrogens with one attached hydrogen (secondary N) is 1. The molecule has 1 atom stereocenters. The number of pyridine rings is 1. The molecule has 3 aromatic rings. The van der Waals surface area contributed by atoms with Crippen LogP contribution in [-0.4, -0.2) is 9.97 Å². The maximum atomic E-state index is 4.49. The summed E-state index contributed by atoms with van der Waals surface area (Å²) >= 11 is 1.75. The van der Waals surface area contributed by atoms with Gasteiger partial charge in [-0.1, -0.05) is 24.3 Å². The van der Waals surface area contributed by atoms with Crippen molar-refractivity contribution in [3.8, 4) is 0 Å². The molecule has 20 heavy (non-hydrogen) atoms. The Labute approximate surface area is 122 Å². The minimum Gasteiger partial charge on any atom is -0.362 e. The molecule has 0 radical (unpaired) electrons. The zero-order chi connectivity index (χ0) is 14.1. The number of aryl methyl sites for hydroxylation is 2. The van der Waals surface area contributed by atoms with Crippen LogP contribution in [0.5, 0.6) is 0 Å². The lowest BCUT2D eigenvalue weighted by Crippen LogP contribution is -2.08. The van der Waals surface area contributed by atoms with E-state index >= 15 is 0 Å². The molecular formula is C16H17N3S. The SMILES string of the molecule is Cc1nc(C)c(C(C)Nc2nccc3ccccc23)s1. The molecule has 0 aliphatic carbocycles. The Hall–Kier alpha value is -1.94. The van der Waals surface area contributed by atoms with E-state index in [0.717, 1.165) is 21.9 Å². The smallest absolute Gasteiger partial charge is 0.134 e. The third-order valence-electron chi connectivity index (χ3n) is 3.36. The van der Waals surface area contributed by atoms with Gasteiger partial charge < -0.3 is 5.32 Å². The summed E-state index contributed by atoms with van der Waals surface area (Å²) in [6.07, 6.45) is 1.85. The van der Waals surface area contributed by atoms with E-state index in [1.54, 1.807) is 11.3 Å². The summed E-state index contributed by atoms with van der Waals surface area (Å²) in [4.78, 5) is 10.3. The van der Waals surface area contributed by atoms with Gasteiger partial charge in [-0.05, 0) is 32.2 Å². The predicted molar refractivity (Wildman–Crippen MR) is 85.4 cm³/mol. The average Bonchev–Trinajstić information content (AvgIpc) is 2.78. The summed E-state index contributed by atoms with van der Waals surface area (Å²) in [5.41, 5.74) is 1.10. The van der Waals surface area contributed by atoms with E-state index in [4.69, 9.17) is 0 Å². The maximum Gasteiger partial charge on any atom is 0.134 e. The van der Waals surface area contributed by atoms with Crippen molar-refractivity contribution >= 4 is 27.9 Å². The van der Waals surface area contributed by atoms with Gasteiger partial charge in [0.2, 0.25) is 0 Å². The molecule has 0 saturated carbocycles. The zero-order valence-corrected chi connectivity index (χ0v) is 12.7. The maximum absolute atomic E-state index is 4.49. The molecule has 1 N–H and O–H groups in total. The van der Waals surface area contributed by atoms with Crippen LogP contribution in [0.4, 0.5) is 5.82 Å². The molecule has 1 unspecified atom stereocenters. The monoisotopic (exact) mass is 283 g/mol. The first-order chi connectivity index (χ1) is 9.65. The van der Waals surface area contributed by atoms with E-state index in [1.165, 1.54) is 10.3 Å². The molecular weight excluding hydrogens is 266 g/mol. The van der Waals surface area contributed by atoms with Gasteiger partial charge in [-0.15, -0.1) is 11.3 Å². The summed E-state index contributed by atoms with van der Waals surface area (Å²) < 4.78 is 0. The molecule has 3 nitrogen and oxygen atoms in total. The fourth-order valence-electron chi connectivity index (χ4n) is 2.45. The molecule has 0 fully saturated rings. The number of benzene rings is 1. The largest absolute Gasteiger partial charge is 0.362 e. The van der Waals surface area contributed by atoms with Crippen LogP contribution in [0.1, 0.15) is 28.5 Å². The van der Waals surface area contributed by atoms with E-state index < -0.39 is 0 Å². The summed E-state index contributed by atoms with van der Waals surface area (Å²) in [7, 11) is 0. The normalized spacial score (nSPS) is 12.6. The molecule has 0 aliphatic rings. The van der Waals surface area contributed by atoms with Crippen LogP contribution < -0.4 is 5.32 Å². The fourth-order valence-corrected chi connectivity index (χ4v) is 3.38. The second-order valence-corrected chi connectivity index (χ2v) is 6.16. The number of nitrogens with zero attached hydrogens (tertiary/aromatic N) is 2. The van der Waals surface area contributed by atoms with Crippen LogP contribution in [0.25, 0.3) is 10.8 Å². The first-order valence-electron chi connectivity index (χ1n) is 6.69. The van der Waals surface area contributed by atoms with Gasteiger partial charge in [-0.2, -0.15) is 0 Å². The van der Waals surface area contributed by atoms with Crippen LogP contribution in [0.3, 0.4) is 0 Å². The summed E-state index contributed by atoms with van der Waals surface area (Å²) in [6.45, 7) is 6.26. The van der Waals surface area contributed by atoms with Crippen LogP contribution in [-0.2, 0) is 0 Å². The van der Waals surface area contributed by atoms with E-state index in [2.05, 4.69) is 41.3 Å². The van der Waals surface area contributed by atoms with Crippen molar-refractivity contribution < 1.29 is 0 Å². The van der Waals surface area contributed by atoms with Crippen molar-refractivity contribution in [3.63, 3.8) is 0 Å². The molecule has 0 aliphatic heterocycles. The molecule has 0 amide bonds. The second-order valence-electron chi connectivity index (χ2n) is 4.93. The molecule has 3 rings (SSSR count). The highest BCUT2D eigenvalue weighted by atomic mass is 32.1. The van der Waals surface area contributed by atoms with E-state index in [9.17, 15) is 0 Å². The Morgan fingerprint density at radius 2 is 1.95 bits per heavy atom. The lowest BCUT2D eigenvalue weighted by atomic mass is 10.1. The van der Waals surface area contributed by atoms with Gasteiger partial charge in [0.15, 0.2) is 0 Å². The van der Waals surface area contributed by atoms with Crippen LogP contribution in [0.15, 0.2) is 36.5 Å². The number of thiazole rings is 1. The lowest BCUT2D eigenvalue weighted by Gasteiger charge is -2.15. The van der Waals surface area contributed by atoms with Gasteiger partial charge in [0.1, 0.15) is 5.82 Å². The topological polar surface area (TPSA) is 37.8 Å². The summed E-state index contributed by atoms with van der Waals surface area (Å²) in [5.74, 6) is 0.932. The number of hydrogen-bond donors (Lipinski definition) is 1. The van der Waals surface area contributed by atoms with Gasteiger partial charge in [-0.3, -0.25) is 0 Å². The Bertz CT molecular complexity index is 743. The highest BCUT2D eigenvalue weighted by Crippen LogP contribution is 2.29. The molecule has 0 saturated heterocycles. The molecule has 2 heterocycles. The second kappa shape index (κ2) is 5.21. The molecule has 2 aromatic heterocycles. The molecule has 102 valence electrons. The van der Waals surface area contributed by atoms with Gasteiger partial charge in [-0.25, -0.2) is 9.97 Å². The van der Waals surface area contributed by atoms with Crippen molar-refractivity contribution in [1.29, 1.82) is 0 Å². The molecule has 0 bridgehead atoms. The van der Waals surface area contributed by atoms with Crippen molar-refractivity contribution in [3.05, 3.63) is 52.1 Å². The minimum absolute atomic E-state index is 0.208. The van der Waals surface area contributed by atoms with Crippen LogP contribution in [0.2, 0.25) is 0 Å². The predicted octanol–water partition coefficient (Wildman–Crippen LogP) is 4.48. The minimum atomic E-state index is 0.208. The molecule has 0 spiro atoms. The Balaban J connectivity index is 1.95. The van der Waals surface area contributed by atoms with Gasteiger partial charge in [0.25, 0.3) is 0 Å². The molecule has 4 heteroatoms. The van der Waals surface area contributed by atoms with Crippen molar-refractivity contribution in [2.24, 2.45) is 0 Å². The number of anilines is 1. The standard InChI is InChI=1S/C16H17N3S/c1-10-15(20-12(3)18-10)11(2)19-16-14-7-5-4-6-13(14)8-9-17-16/h4-9,11H,1-3H3,(H,17,19). The van der Waals surface area contributed by atoms with E-state index in [1.807, 2.05) is 31.3 Å². The van der Waals surface area contributed by atoms with Gasteiger partial charge in [0, 0.05) is 16.5 Å². The van der Waals surface area contributed by atoms with Crippen LogP contribution in [0, 0.1) is 13.8 Å². The number of hydrogen-bond acceptors (Lipinski definition) is 4. The quantitative estimate of drug-likeness (QED) is 0.770. The van der Waals surface area contributed by atoms with E-state index in [-0.39, 0.29) is 6.04 Å². The Morgan fingerprint density at radius 3 is 2.70 bits per heavy atom. The Morgan fingerprint density at radius 1 is 1.15 bits per heavy atom. The fraction of sp³-hybridized carbons (Fsp3) is 0.250. The lowest BCUT2D eigenvalue weighted by molar-refractivity contribution is 0.883. The highest BCUT2D eigenvalue weighted by molar-refractivity contribution is 7.11. The van der Waals surface area contributed by atoms with Crippen molar-refractivity contribution in [2.45, 2.75) is 26.8 Å². The zero-order valence-electron chi connectivity index (χ0n) is 11.8. The first-order valence-corrected chi connectivity index (χ1v) is 7.51. The van der Waals surface area contributed by atoms with Gasteiger partial charge >= 0.3 is 0 Å². The first kappa shape index (κ1) is 13.1. The third-order valence-corrected chi connectivity index (χ3v) is 4.62. The van der Waals surface area contributed by atoms with Crippen LogP contribution >= 0.6 is 11.3 Å². The van der Waals surface area contributed by atoms with E-state index in [0.29, 0.717) is 0 Å². The Kier molecular flexibility index (Phi) is 3.40. The van der Waals surface area contributed by atoms with Crippen molar-refractivity contribution in [1.82, 2.24) is 9.97 Å². The highest BCUT2D eigenvalue weighted by Gasteiger charge is 2.14. The number of aromatic nitrogens is 2. The average molecular weight is 283 g/mol. The summed E-state index contributed by atoms with van der Waals surface area (Å²) in [6, 6.07) is 10.5. The number of rotatable bonds is 3. The van der Waals surface area contributed by atoms with Gasteiger partial charge in [0.05, 0.1) is 16.7 Å².